The molecule has 1 nitrogen and oxygen atoms in total. The summed E-state index contributed by atoms with van der Waals surface area (Å²) in [6.45, 7) is 1.57. The van der Waals surface area contributed by atoms with Crippen molar-refractivity contribution in [1.29, 1.82) is 0 Å². The molecular formula is C2H6AlCdOS. The summed E-state index contributed by atoms with van der Waals surface area (Å²) in [4.78, 5) is 9.80. The maximum absolute atomic E-state index is 9.80. The van der Waals surface area contributed by atoms with Gasteiger partial charge in [0.15, 0.2) is 17.4 Å². The van der Waals surface area contributed by atoms with Crippen LogP contribution in [0.1, 0.15) is 6.92 Å². The van der Waals surface area contributed by atoms with Gasteiger partial charge in [-0.2, -0.15) is 0 Å². The Hall–Kier alpha value is 1.34. The largest absolute Gasteiger partial charge is 0.187 e. The van der Waals surface area contributed by atoms with E-state index in [1.807, 2.05) is 0 Å². The predicted molar refractivity (Wildman–Crippen MR) is 28.2 cm³/mol. The second-order valence-corrected chi connectivity index (χ2v) is 6.45. The average molecular weight is 218 g/mol. The molecule has 0 amide bonds. The van der Waals surface area contributed by atoms with Crippen molar-refractivity contribution in [2.24, 2.45) is 0 Å². The minimum atomic E-state index is -1.20. The summed E-state index contributed by atoms with van der Waals surface area (Å²) in [6, 6.07) is 0. The topological polar surface area (TPSA) is 17.1 Å². The van der Waals surface area contributed by atoms with Gasteiger partial charge in [0.25, 0.3) is 0 Å². The van der Waals surface area contributed by atoms with Crippen LogP contribution >= 0.6 is 8.65 Å². The van der Waals surface area contributed by atoms with Gasteiger partial charge in [0.05, 0.1) is 0 Å². The van der Waals surface area contributed by atoms with Crippen molar-refractivity contribution >= 4 is 29.3 Å². The summed E-state index contributed by atoms with van der Waals surface area (Å²) in [5.41, 5.74) is 0. The van der Waals surface area contributed by atoms with E-state index in [-0.39, 0.29) is 20.7 Å². The molecule has 0 saturated carbocycles. The molecule has 0 aromatic carbocycles. The second-order valence-electron chi connectivity index (χ2n) is 0.846. The van der Waals surface area contributed by atoms with E-state index in [1.165, 1.54) is 0 Å². The zero-order valence-corrected chi connectivity index (χ0v) is 7.88. The van der Waals surface area contributed by atoms with Gasteiger partial charge in [0, 0.05) is 0 Å². The Labute approximate surface area is 62.7 Å². The molecule has 6 heavy (non-hydrogen) atoms. The predicted octanol–water partition coefficient (Wildman–Crippen LogP) is -0.456. The first-order valence-corrected chi connectivity index (χ1v) is 8.89. The van der Waals surface area contributed by atoms with Crippen molar-refractivity contribution in [1.82, 2.24) is 0 Å². The van der Waals surface area contributed by atoms with Crippen LogP contribution in [0.2, 0.25) is 0 Å². The van der Waals surface area contributed by atoms with Crippen LogP contribution in [-0.2, 0) is 26.9 Å². The molecule has 0 saturated heterocycles. The molecule has 0 fully saturated rings. The van der Waals surface area contributed by atoms with E-state index in [0.29, 0.717) is 0 Å². The monoisotopic (exact) mass is 219 g/mol. The Kier molecular flexibility index (Phi) is 10.9. The van der Waals surface area contributed by atoms with E-state index < -0.39 is 22.2 Å². The Morgan fingerprint density at radius 2 is 2.00 bits per heavy atom. The number of carbonyl (C=O) groups excluding carboxylic acids is 1. The van der Waals surface area contributed by atoms with E-state index in [9.17, 15) is 4.79 Å². The molecule has 0 atom stereocenters. The molecule has 0 aromatic heterocycles. The van der Waals surface area contributed by atoms with Crippen molar-refractivity contribution in [2.45, 2.75) is 6.92 Å². The zero-order chi connectivity index (χ0) is 4.28. The third-order valence-electron chi connectivity index (χ3n) is 0.203. The molecule has 0 aliphatic carbocycles. The maximum atomic E-state index is 9.80. The smallest absolute Gasteiger partial charge is 0.187 e. The third kappa shape index (κ3) is 9.02. The quantitative estimate of drug-likeness (QED) is 0.553. The third-order valence-corrected chi connectivity index (χ3v) is 4.09. The molecule has 0 heterocycles. The van der Waals surface area contributed by atoms with Crippen molar-refractivity contribution in [3.8, 4) is 0 Å². The van der Waals surface area contributed by atoms with Gasteiger partial charge >= 0.3 is 45.9 Å². The minimum absolute atomic E-state index is 0. The molecule has 0 aromatic rings. The van der Waals surface area contributed by atoms with Gasteiger partial charge in [-0.05, 0) is 0 Å². The summed E-state index contributed by atoms with van der Waals surface area (Å²) < 4.78 is 0.279. The van der Waals surface area contributed by atoms with Gasteiger partial charge in [-0.25, -0.2) is 0 Å². The number of hydrogen-bond acceptors (Lipinski definition) is 2. The fourth-order valence-electron chi connectivity index (χ4n) is 0. The molecule has 0 aliphatic rings. The van der Waals surface area contributed by atoms with Crippen LogP contribution in [0.4, 0.5) is 0 Å². The van der Waals surface area contributed by atoms with Gasteiger partial charge in [0.1, 0.15) is 0 Å². The second kappa shape index (κ2) is 6.34. The van der Waals surface area contributed by atoms with Gasteiger partial charge in [-0.1, -0.05) is 0 Å². The molecule has 0 N–H and O–H groups in total. The molecule has 0 rings (SSSR count). The summed E-state index contributed by atoms with van der Waals surface area (Å²) in [5, 5.41) is 0. The van der Waals surface area contributed by atoms with Crippen LogP contribution in [0.15, 0.2) is 0 Å². The van der Waals surface area contributed by atoms with Gasteiger partial charge in [-0.15, -0.1) is 0 Å². The Morgan fingerprint density at radius 1 is 1.83 bits per heavy atom. The van der Waals surface area contributed by atoms with Crippen LogP contribution in [0.25, 0.3) is 0 Å². The zero-order valence-electron chi connectivity index (χ0n) is 3.02. The first kappa shape index (κ1) is 10.4. The van der Waals surface area contributed by atoms with Gasteiger partial charge in [-0.3, -0.25) is 0 Å². The molecule has 31 valence electrons. The molecule has 0 aliphatic heterocycles. The Bertz CT molecular complexity index is 64.6. The fraction of sp³-hybridized carbons (Fsp3) is 0.500. The Morgan fingerprint density at radius 3 is 2.00 bits per heavy atom. The Balaban J connectivity index is 0. The first-order valence-electron chi connectivity index (χ1n) is 1.35. The molecular weight excluding hydrogens is 211 g/mol. The van der Waals surface area contributed by atoms with Gasteiger partial charge in [0.2, 0.25) is 0 Å². The normalized spacial score (nSPS) is 4.83. The van der Waals surface area contributed by atoms with Crippen molar-refractivity contribution in [2.75, 3.05) is 0 Å². The van der Waals surface area contributed by atoms with Crippen LogP contribution in [0, 0.1) is 0 Å². The van der Waals surface area contributed by atoms with Crippen LogP contribution in [0.5, 0.6) is 0 Å². The summed E-state index contributed by atoms with van der Waals surface area (Å²) in [6.07, 6.45) is 0. The van der Waals surface area contributed by atoms with Crippen molar-refractivity contribution in [3.05, 3.63) is 0 Å². The van der Waals surface area contributed by atoms with Crippen LogP contribution in [-0.4, -0.2) is 20.7 Å². The standard InChI is InChI=1S/C2H3O.Al.Cd.S.3H/c1-2-3;;;;;;/h1H3;;;;;;. The molecule has 4 heteroatoms. The SMILES string of the molecule is C[C](=O)[Cd]=[S].[AlH3]. The molecule has 0 radical (unpaired) electrons. The van der Waals surface area contributed by atoms with E-state index in [1.54, 1.807) is 6.92 Å². The van der Waals surface area contributed by atoms with E-state index in [4.69, 9.17) is 0 Å². The summed E-state index contributed by atoms with van der Waals surface area (Å²) >= 11 is -1.20. The molecule has 0 spiro atoms. The maximum Gasteiger partial charge on any atom is 0.187 e. The minimum Gasteiger partial charge on any atom is 0.187 e. The van der Waals surface area contributed by atoms with E-state index in [0.717, 1.165) is 0 Å². The number of rotatable bonds is 1. The molecule has 0 bridgehead atoms. The van der Waals surface area contributed by atoms with Gasteiger partial charge < -0.3 is 0 Å². The number of carbonyl (C=O) groups is 1. The van der Waals surface area contributed by atoms with E-state index >= 15 is 0 Å². The van der Waals surface area contributed by atoms with Crippen molar-refractivity contribution in [3.63, 3.8) is 0 Å². The van der Waals surface area contributed by atoms with Crippen LogP contribution < -0.4 is 0 Å². The fourth-order valence-corrected chi connectivity index (χ4v) is 0. The first-order chi connectivity index (χ1) is 2.27. The van der Waals surface area contributed by atoms with E-state index in [2.05, 4.69) is 8.65 Å². The average Bonchev–Trinajstić information content (AvgIpc) is 1.38. The summed E-state index contributed by atoms with van der Waals surface area (Å²) in [5.74, 6) is 0. The number of hydrogen-bond donors (Lipinski definition) is 0. The molecule has 0 unspecified atom stereocenters. The van der Waals surface area contributed by atoms with Crippen molar-refractivity contribution < 1.29 is 26.9 Å². The summed E-state index contributed by atoms with van der Waals surface area (Å²) in [7, 11) is 4.54. The van der Waals surface area contributed by atoms with Crippen LogP contribution in [0.3, 0.4) is 0 Å².